The first-order chi connectivity index (χ1) is 14.4. The van der Waals surface area contributed by atoms with Gasteiger partial charge in [0.2, 0.25) is 0 Å². The Kier molecular flexibility index (Phi) is 7.46. The molecule has 0 radical (unpaired) electrons. The fourth-order valence-electron chi connectivity index (χ4n) is 3.77. The Morgan fingerprint density at radius 3 is 2.40 bits per heavy atom. The number of anilines is 1. The van der Waals surface area contributed by atoms with E-state index < -0.39 is 0 Å². The molecule has 2 aromatic rings. The standard InChI is InChI=1S/C24H31N3O3/c1-18-4-9-23(19(2)16-18)30-15-10-25-24(29)17-26-11-13-27(14-12-26)22-7-5-21(6-8-22)20(3)28/h4-9,16H,10-15,17H2,1-3H3,(H,25,29)/p+1. The Labute approximate surface area is 178 Å². The predicted molar refractivity (Wildman–Crippen MR) is 119 cm³/mol. The summed E-state index contributed by atoms with van der Waals surface area (Å²) in [4.78, 5) is 27.3. The molecule has 160 valence electrons. The number of carbonyl (C=O) groups excluding carboxylic acids is 2. The van der Waals surface area contributed by atoms with Crippen LogP contribution in [0.3, 0.4) is 0 Å². The van der Waals surface area contributed by atoms with E-state index in [0.29, 0.717) is 19.7 Å². The van der Waals surface area contributed by atoms with Crippen LogP contribution in [-0.4, -0.2) is 57.6 Å². The Morgan fingerprint density at radius 2 is 1.77 bits per heavy atom. The molecular formula is C24H32N3O3+. The maximum atomic E-state index is 12.3. The highest BCUT2D eigenvalue weighted by Gasteiger charge is 2.22. The molecule has 1 fully saturated rings. The van der Waals surface area contributed by atoms with Crippen molar-refractivity contribution in [3.8, 4) is 5.75 Å². The third-order valence-electron chi connectivity index (χ3n) is 5.53. The van der Waals surface area contributed by atoms with E-state index in [0.717, 1.165) is 48.7 Å². The molecule has 0 bridgehead atoms. The summed E-state index contributed by atoms with van der Waals surface area (Å²) in [6.45, 7) is 10.8. The number of ketones is 1. The topological polar surface area (TPSA) is 63.1 Å². The van der Waals surface area contributed by atoms with Crippen molar-refractivity contribution in [2.45, 2.75) is 20.8 Å². The van der Waals surface area contributed by atoms with Crippen LogP contribution < -0.4 is 19.9 Å². The zero-order chi connectivity index (χ0) is 21.5. The maximum Gasteiger partial charge on any atom is 0.275 e. The van der Waals surface area contributed by atoms with Crippen LogP contribution in [0.15, 0.2) is 42.5 Å². The molecule has 0 aliphatic carbocycles. The molecule has 1 saturated heterocycles. The number of quaternary nitrogens is 1. The van der Waals surface area contributed by atoms with E-state index in [2.05, 4.69) is 23.2 Å². The SMILES string of the molecule is CC(=O)c1ccc(N2CC[NH+](CC(=O)NCCOc3ccc(C)cc3C)CC2)cc1. The van der Waals surface area contributed by atoms with Gasteiger partial charge >= 0.3 is 0 Å². The van der Waals surface area contributed by atoms with Crippen molar-refractivity contribution in [2.75, 3.05) is 50.8 Å². The average Bonchev–Trinajstić information content (AvgIpc) is 2.73. The van der Waals surface area contributed by atoms with Gasteiger partial charge < -0.3 is 19.9 Å². The van der Waals surface area contributed by atoms with Crippen molar-refractivity contribution in [2.24, 2.45) is 0 Å². The van der Waals surface area contributed by atoms with Gasteiger partial charge in [0.25, 0.3) is 5.91 Å². The molecule has 30 heavy (non-hydrogen) atoms. The van der Waals surface area contributed by atoms with Crippen LogP contribution >= 0.6 is 0 Å². The fourth-order valence-corrected chi connectivity index (χ4v) is 3.77. The number of piperazine rings is 1. The lowest BCUT2D eigenvalue weighted by molar-refractivity contribution is -0.892. The summed E-state index contributed by atoms with van der Waals surface area (Å²) in [5.74, 6) is 1.02. The smallest absolute Gasteiger partial charge is 0.275 e. The second-order valence-corrected chi connectivity index (χ2v) is 7.98. The summed E-state index contributed by atoms with van der Waals surface area (Å²) in [6, 6.07) is 13.9. The first-order valence-corrected chi connectivity index (χ1v) is 10.6. The number of nitrogens with one attached hydrogen (secondary N) is 2. The highest BCUT2D eigenvalue weighted by atomic mass is 16.5. The number of aryl methyl sites for hydroxylation is 2. The monoisotopic (exact) mass is 410 g/mol. The molecule has 0 aromatic heterocycles. The molecule has 0 atom stereocenters. The minimum Gasteiger partial charge on any atom is -0.491 e. The van der Waals surface area contributed by atoms with Gasteiger partial charge in [0, 0.05) is 11.3 Å². The number of carbonyl (C=O) groups is 2. The van der Waals surface area contributed by atoms with E-state index in [-0.39, 0.29) is 11.7 Å². The van der Waals surface area contributed by atoms with Gasteiger partial charge in [-0.15, -0.1) is 0 Å². The predicted octanol–water partition coefficient (Wildman–Crippen LogP) is 1.41. The molecule has 6 nitrogen and oxygen atoms in total. The van der Waals surface area contributed by atoms with Crippen LogP contribution in [0.2, 0.25) is 0 Å². The summed E-state index contributed by atoms with van der Waals surface area (Å²) in [5, 5.41) is 2.96. The van der Waals surface area contributed by atoms with Crippen molar-refractivity contribution in [3.05, 3.63) is 59.2 Å². The Bertz CT molecular complexity index is 872. The van der Waals surface area contributed by atoms with Gasteiger partial charge in [-0.1, -0.05) is 17.7 Å². The van der Waals surface area contributed by atoms with E-state index in [1.54, 1.807) is 6.92 Å². The molecular weight excluding hydrogens is 378 g/mol. The number of amides is 1. The van der Waals surface area contributed by atoms with Gasteiger partial charge in [0.1, 0.15) is 12.4 Å². The lowest BCUT2D eigenvalue weighted by Gasteiger charge is -2.33. The van der Waals surface area contributed by atoms with Crippen molar-refractivity contribution in [3.63, 3.8) is 0 Å². The Balaban J connectivity index is 1.35. The highest BCUT2D eigenvalue weighted by Crippen LogP contribution is 2.18. The summed E-state index contributed by atoms with van der Waals surface area (Å²) in [7, 11) is 0. The van der Waals surface area contributed by atoms with E-state index in [9.17, 15) is 9.59 Å². The zero-order valence-corrected chi connectivity index (χ0v) is 18.2. The molecule has 0 unspecified atom stereocenters. The zero-order valence-electron chi connectivity index (χ0n) is 18.2. The summed E-state index contributed by atoms with van der Waals surface area (Å²) in [5.41, 5.74) is 4.19. The second kappa shape index (κ2) is 10.3. The quantitative estimate of drug-likeness (QED) is 0.510. The van der Waals surface area contributed by atoms with Gasteiger partial charge in [0.05, 0.1) is 32.7 Å². The molecule has 2 N–H and O–H groups in total. The molecule has 1 aliphatic heterocycles. The minimum absolute atomic E-state index is 0.0634. The van der Waals surface area contributed by atoms with Crippen molar-refractivity contribution >= 4 is 17.4 Å². The summed E-state index contributed by atoms with van der Waals surface area (Å²) < 4.78 is 5.77. The molecule has 1 amide bonds. The summed E-state index contributed by atoms with van der Waals surface area (Å²) in [6.07, 6.45) is 0. The van der Waals surface area contributed by atoms with Gasteiger partial charge in [-0.2, -0.15) is 0 Å². The molecule has 6 heteroatoms. The van der Waals surface area contributed by atoms with Gasteiger partial charge in [-0.3, -0.25) is 9.59 Å². The first kappa shape index (κ1) is 21.8. The Hall–Kier alpha value is -2.86. The first-order valence-electron chi connectivity index (χ1n) is 10.6. The maximum absolute atomic E-state index is 12.3. The molecule has 0 saturated carbocycles. The summed E-state index contributed by atoms with van der Waals surface area (Å²) >= 11 is 0. The van der Waals surface area contributed by atoms with E-state index in [1.165, 1.54) is 10.5 Å². The van der Waals surface area contributed by atoms with Crippen LogP contribution in [0.25, 0.3) is 0 Å². The van der Waals surface area contributed by atoms with Crippen LogP contribution in [0.4, 0.5) is 5.69 Å². The van der Waals surface area contributed by atoms with E-state index in [4.69, 9.17) is 4.74 Å². The van der Waals surface area contributed by atoms with Crippen LogP contribution in [0.5, 0.6) is 5.75 Å². The van der Waals surface area contributed by atoms with Crippen molar-refractivity contribution in [1.29, 1.82) is 0 Å². The largest absolute Gasteiger partial charge is 0.491 e. The number of Topliss-reactive ketones (excluding diaryl/α,β-unsaturated/α-hetero) is 1. The number of hydrogen-bond acceptors (Lipinski definition) is 4. The van der Waals surface area contributed by atoms with E-state index in [1.807, 2.05) is 43.3 Å². The van der Waals surface area contributed by atoms with Crippen LogP contribution in [-0.2, 0) is 4.79 Å². The van der Waals surface area contributed by atoms with Crippen molar-refractivity contribution in [1.82, 2.24) is 5.32 Å². The molecule has 0 spiro atoms. The molecule has 3 rings (SSSR count). The number of ether oxygens (including phenoxy) is 1. The number of benzene rings is 2. The molecule has 1 heterocycles. The number of rotatable bonds is 8. The van der Waals surface area contributed by atoms with Gasteiger partial charge in [-0.25, -0.2) is 0 Å². The third-order valence-corrected chi connectivity index (χ3v) is 5.53. The normalized spacial score (nSPS) is 14.4. The lowest BCUT2D eigenvalue weighted by atomic mass is 10.1. The van der Waals surface area contributed by atoms with Gasteiger partial charge in [0.15, 0.2) is 12.3 Å². The third kappa shape index (κ3) is 6.07. The number of nitrogens with zero attached hydrogens (tertiary/aromatic N) is 1. The van der Waals surface area contributed by atoms with Gasteiger partial charge in [-0.05, 0) is 56.7 Å². The molecule has 2 aromatic carbocycles. The lowest BCUT2D eigenvalue weighted by Crippen LogP contribution is -3.16. The average molecular weight is 411 g/mol. The fraction of sp³-hybridized carbons (Fsp3) is 0.417. The minimum atomic E-state index is 0.0634. The Morgan fingerprint density at radius 1 is 1.07 bits per heavy atom. The van der Waals surface area contributed by atoms with Crippen molar-refractivity contribution < 1.29 is 19.2 Å². The number of hydrogen-bond donors (Lipinski definition) is 2. The van der Waals surface area contributed by atoms with Crippen LogP contribution in [0.1, 0.15) is 28.4 Å². The molecule has 1 aliphatic rings. The van der Waals surface area contributed by atoms with E-state index >= 15 is 0 Å². The second-order valence-electron chi connectivity index (χ2n) is 7.98. The highest BCUT2D eigenvalue weighted by molar-refractivity contribution is 5.94. The van der Waals surface area contributed by atoms with Crippen LogP contribution in [0, 0.1) is 13.8 Å².